The van der Waals surface area contributed by atoms with E-state index in [1.54, 1.807) is 0 Å². The van der Waals surface area contributed by atoms with E-state index in [2.05, 4.69) is 0 Å². The van der Waals surface area contributed by atoms with Crippen LogP contribution >= 0.6 is 0 Å². The van der Waals surface area contributed by atoms with Gasteiger partial charge in [-0.1, -0.05) is 6.92 Å². The van der Waals surface area contributed by atoms with Crippen molar-refractivity contribution in [2.75, 3.05) is 0 Å². The highest BCUT2D eigenvalue weighted by Crippen LogP contribution is 2.49. The molecule has 0 aromatic heterocycles. The third-order valence-corrected chi connectivity index (χ3v) is 3.40. The fraction of sp³-hybridized carbons (Fsp3) is 0.875. The van der Waals surface area contributed by atoms with Crippen molar-refractivity contribution in [3.05, 3.63) is 0 Å². The smallest absolute Gasteiger partial charge is 0.145 e. The minimum atomic E-state index is -0.288. The summed E-state index contributed by atoms with van der Waals surface area (Å²) < 4.78 is 0. The summed E-state index contributed by atoms with van der Waals surface area (Å²) in [7, 11) is 0. The van der Waals surface area contributed by atoms with Gasteiger partial charge in [-0.05, 0) is 12.8 Å². The predicted molar refractivity (Wildman–Crippen MR) is 41.8 cm³/mol. The molecule has 4 N–H and O–H groups in total. The molecular formula is C8H14N2O. The van der Waals surface area contributed by atoms with Crippen LogP contribution in [0.1, 0.15) is 19.8 Å². The van der Waals surface area contributed by atoms with Crippen LogP contribution in [0.3, 0.4) is 0 Å². The summed E-state index contributed by atoms with van der Waals surface area (Å²) in [6.07, 6.45) is 1.59. The third-order valence-electron chi connectivity index (χ3n) is 3.40. The molecule has 2 fully saturated rings. The van der Waals surface area contributed by atoms with Gasteiger partial charge in [0.05, 0.1) is 0 Å². The largest absolute Gasteiger partial charge is 0.327 e. The monoisotopic (exact) mass is 154 g/mol. The molecule has 3 heteroatoms. The van der Waals surface area contributed by atoms with Gasteiger partial charge in [0.1, 0.15) is 5.78 Å². The molecule has 4 atom stereocenters. The average Bonchev–Trinajstić information content (AvgIpc) is 2.23. The molecule has 2 aliphatic rings. The van der Waals surface area contributed by atoms with Crippen LogP contribution < -0.4 is 11.5 Å². The number of nitrogens with two attached hydrogens (primary N) is 2. The summed E-state index contributed by atoms with van der Waals surface area (Å²) in [6, 6.07) is 0.132. The van der Waals surface area contributed by atoms with Crippen molar-refractivity contribution in [2.45, 2.75) is 31.8 Å². The first-order valence-electron chi connectivity index (χ1n) is 4.11. The molecule has 2 saturated carbocycles. The Hall–Kier alpha value is -0.410. The van der Waals surface area contributed by atoms with Gasteiger partial charge in [0.25, 0.3) is 0 Å². The van der Waals surface area contributed by atoms with Crippen molar-refractivity contribution in [3.8, 4) is 0 Å². The normalized spacial score (nSPS) is 55.5. The number of ketones is 1. The fourth-order valence-electron chi connectivity index (χ4n) is 2.50. The van der Waals surface area contributed by atoms with Crippen molar-refractivity contribution in [1.82, 2.24) is 0 Å². The highest BCUT2D eigenvalue weighted by molar-refractivity contribution is 5.93. The molecule has 2 bridgehead atoms. The maximum atomic E-state index is 11.6. The molecule has 62 valence electrons. The summed E-state index contributed by atoms with van der Waals surface area (Å²) in [4.78, 5) is 11.6. The highest BCUT2D eigenvalue weighted by atomic mass is 16.1. The van der Waals surface area contributed by atoms with Crippen molar-refractivity contribution < 1.29 is 4.79 Å². The van der Waals surface area contributed by atoms with Gasteiger partial charge >= 0.3 is 0 Å². The molecule has 0 saturated heterocycles. The van der Waals surface area contributed by atoms with E-state index in [1.165, 1.54) is 0 Å². The van der Waals surface area contributed by atoms with Gasteiger partial charge in [-0.2, -0.15) is 0 Å². The molecule has 0 spiro atoms. The van der Waals surface area contributed by atoms with Crippen LogP contribution in [0.25, 0.3) is 0 Å². The third kappa shape index (κ3) is 0.676. The standard InChI is InChI=1S/C8H14N2O/c1-8-3-5(9)4(7(8)11)2-6(8)10/h4-6H,2-3,9-10H2,1H3. The summed E-state index contributed by atoms with van der Waals surface area (Å²) in [5.74, 6) is 0.368. The van der Waals surface area contributed by atoms with E-state index >= 15 is 0 Å². The molecule has 0 aliphatic heterocycles. The van der Waals surface area contributed by atoms with Gasteiger partial charge in [0, 0.05) is 23.4 Å². The summed E-state index contributed by atoms with van der Waals surface area (Å²) in [5.41, 5.74) is 11.3. The van der Waals surface area contributed by atoms with E-state index in [4.69, 9.17) is 11.5 Å². The quantitative estimate of drug-likeness (QED) is 0.500. The van der Waals surface area contributed by atoms with Gasteiger partial charge in [-0.3, -0.25) is 4.79 Å². The topological polar surface area (TPSA) is 69.1 Å². The molecular weight excluding hydrogens is 140 g/mol. The zero-order chi connectivity index (χ0) is 8.22. The zero-order valence-corrected chi connectivity index (χ0v) is 6.71. The van der Waals surface area contributed by atoms with E-state index in [0.29, 0.717) is 5.78 Å². The molecule has 0 aromatic carbocycles. The zero-order valence-electron chi connectivity index (χ0n) is 6.71. The minimum absolute atomic E-state index is 0.0554. The number of carbonyl (C=O) groups is 1. The average molecular weight is 154 g/mol. The second-order valence-electron chi connectivity index (χ2n) is 4.10. The first-order valence-corrected chi connectivity index (χ1v) is 4.11. The van der Waals surface area contributed by atoms with Crippen LogP contribution in [0.5, 0.6) is 0 Å². The molecule has 0 radical (unpaired) electrons. The van der Waals surface area contributed by atoms with Crippen LogP contribution in [0.2, 0.25) is 0 Å². The molecule has 2 rings (SSSR count). The number of hydrogen-bond donors (Lipinski definition) is 2. The number of carbonyl (C=O) groups excluding carboxylic acids is 1. The molecule has 2 aliphatic carbocycles. The Morgan fingerprint density at radius 3 is 2.45 bits per heavy atom. The lowest BCUT2D eigenvalue weighted by Gasteiger charge is -2.28. The lowest BCUT2D eigenvalue weighted by atomic mass is 9.81. The van der Waals surface area contributed by atoms with Crippen molar-refractivity contribution >= 4 is 5.78 Å². The van der Waals surface area contributed by atoms with Crippen LogP contribution in [0, 0.1) is 11.3 Å². The predicted octanol–water partition coefficient (Wildman–Crippen LogP) is -0.360. The summed E-state index contributed by atoms with van der Waals surface area (Å²) in [6.45, 7) is 1.95. The van der Waals surface area contributed by atoms with E-state index in [0.717, 1.165) is 12.8 Å². The molecule has 11 heavy (non-hydrogen) atoms. The Labute approximate surface area is 66.1 Å². The van der Waals surface area contributed by atoms with Crippen LogP contribution in [-0.4, -0.2) is 17.9 Å². The Morgan fingerprint density at radius 2 is 2.18 bits per heavy atom. The Morgan fingerprint density at radius 1 is 1.55 bits per heavy atom. The summed E-state index contributed by atoms with van der Waals surface area (Å²) in [5, 5.41) is 0. The first kappa shape index (κ1) is 7.25. The van der Waals surface area contributed by atoms with E-state index in [9.17, 15) is 4.79 Å². The van der Waals surface area contributed by atoms with Crippen molar-refractivity contribution in [3.63, 3.8) is 0 Å². The van der Waals surface area contributed by atoms with Gasteiger partial charge in [0.15, 0.2) is 0 Å². The second-order valence-corrected chi connectivity index (χ2v) is 4.10. The Balaban J connectivity index is 2.37. The van der Waals surface area contributed by atoms with Gasteiger partial charge < -0.3 is 11.5 Å². The SMILES string of the molecule is CC12CC(N)C(CC1N)C2=O. The van der Waals surface area contributed by atoms with Crippen LogP contribution in [0.4, 0.5) is 0 Å². The second kappa shape index (κ2) is 1.84. The van der Waals surface area contributed by atoms with E-state index in [-0.39, 0.29) is 23.4 Å². The molecule has 0 amide bonds. The van der Waals surface area contributed by atoms with E-state index in [1.807, 2.05) is 6.92 Å². The van der Waals surface area contributed by atoms with Gasteiger partial charge in [-0.25, -0.2) is 0 Å². The van der Waals surface area contributed by atoms with Gasteiger partial charge in [-0.15, -0.1) is 0 Å². The number of Topliss-reactive ketones (excluding diaryl/α,β-unsaturated/α-hetero) is 1. The van der Waals surface area contributed by atoms with Crippen molar-refractivity contribution in [1.29, 1.82) is 0 Å². The Kier molecular flexibility index (Phi) is 1.22. The van der Waals surface area contributed by atoms with Crippen LogP contribution in [-0.2, 0) is 4.79 Å². The molecule has 4 unspecified atom stereocenters. The minimum Gasteiger partial charge on any atom is -0.327 e. The lowest BCUT2D eigenvalue weighted by Crippen LogP contribution is -2.42. The van der Waals surface area contributed by atoms with E-state index < -0.39 is 0 Å². The highest BCUT2D eigenvalue weighted by Gasteiger charge is 2.58. The summed E-state index contributed by atoms with van der Waals surface area (Å²) >= 11 is 0. The molecule has 3 nitrogen and oxygen atoms in total. The number of hydrogen-bond acceptors (Lipinski definition) is 3. The maximum Gasteiger partial charge on any atom is 0.145 e. The maximum absolute atomic E-state index is 11.6. The number of rotatable bonds is 0. The first-order chi connectivity index (χ1) is 5.05. The lowest BCUT2D eigenvalue weighted by molar-refractivity contribution is -0.125. The number of fused-ring (bicyclic) bond motifs is 2. The van der Waals surface area contributed by atoms with Gasteiger partial charge in [0.2, 0.25) is 0 Å². The Bertz CT molecular complexity index is 216. The molecule has 0 aromatic rings. The fourth-order valence-corrected chi connectivity index (χ4v) is 2.50. The van der Waals surface area contributed by atoms with Crippen molar-refractivity contribution in [2.24, 2.45) is 22.8 Å². The molecule has 0 heterocycles. The van der Waals surface area contributed by atoms with Crippen LogP contribution in [0.15, 0.2) is 0 Å².